The average Bonchev–Trinajstić information content (AvgIpc) is 2.70. The standard InChI is InChI=1S/C14H21ClN4O3/c1-14(2,3)22-13(21)19-6-8-4-9(20)7-18(8)10(12(19)17)5-11(15)16/h5,8H,4,6-7,16-17H2,1-3H3/b11-5-. The van der Waals surface area contributed by atoms with E-state index in [-0.39, 0.29) is 29.3 Å². The summed E-state index contributed by atoms with van der Waals surface area (Å²) in [5.74, 6) is 0.270. The van der Waals surface area contributed by atoms with Crippen molar-refractivity contribution < 1.29 is 14.3 Å². The minimum atomic E-state index is -0.637. The summed E-state index contributed by atoms with van der Waals surface area (Å²) in [6.45, 7) is 5.86. The molecule has 0 radical (unpaired) electrons. The van der Waals surface area contributed by atoms with Gasteiger partial charge >= 0.3 is 6.09 Å². The molecule has 8 heteroatoms. The molecular weight excluding hydrogens is 308 g/mol. The smallest absolute Gasteiger partial charge is 0.416 e. The lowest BCUT2D eigenvalue weighted by molar-refractivity contribution is -0.116. The first kappa shape index (κ1) is 16.5. The number of amides is 1. The van der Waals surface area contributed by atoms with Crippen molar-refractivity contribution in [3.63, 3.8) is 0 Å². The van der Waals surface area contributed by atoms with Crippen molar-refractivity contribution in [3.05, 3.63) is 22.8 Å². The second-order valence-electron chi connectivity index (χ2n) is 6.42. The Balaban J connectivity index is 2.36. The highest BCUT2D eigenvalue weighted by Crippen LogP contribution is 2.30. The van der Waals surface area contributed by atoms with Crippen molar-refractivity contribution in [2.24, 2.45) is 11.5 Å². The van der Waals surface area contributed by atoms with Gasteiger partial charge in [0, 0.05) is 6.42 Å². The van der Waals surface area contributed by atoms with Crippen LogP contribution in [0.5, 0.6) is 0 Å². The Hall–Kier alpha value is -1.89. The van der Waals surface area contributed by atoms with Gasteiger partial charge in [0.2, 0.25) is 0 Å². The number of fused-ring (bicyclic) bond motifs is 1. The predicted octanol–water partition coefficient (Wildman–Crippen LogP) is 1.05. The van der Waals surface area contributed by atoms with Gasteiger partial charge in [-0.15, -0.1) is 0 Å². The second-order valence-corrected chi connectivity index (χ2v) is 6.85. The van der Waals surface area contributed by atoms with Crippen LogP contribution >= 0.6 is 11.6 Å². The van der Waals surface area contributed by atoms with E-state index in [2.05, 4.69) is 0 Å². The summed E-state index contributed by atoms with van der Waals surface area (Å²) >= 11 is 5.74. The summed E-state index contributed by atoms with van der Waals surface area (Å²) in [6, 6.07) is -0.144. The number of rotatable bonds is 1. The maximum Gasteiger partial charge on any atom is 0.416 e. The number of nitrogens with two attached hydrogens (primary N) is 2. The minimum Gasteiger partial charge on any atom is -0.443 e. The van der Waals surface area contributed by atoms with Crippen LogP contribution in [0.15, 0.2) is 22.8 Å². The van der Waals surface area contributed by atoms with Crippen molar-refractivity contribution in [3.8, 4) is 0 Å². The summed E-state index contributed by atoms with van der Waals surface area (Å²) in [5, 5.41) is 0.0297. The topological polar surface area (TPSA) is 102 Å². The largest absolute Gasteiger partial charge is 0.443 e. The molecule has 0 bridgehead atoms. The molecule has 0 aromatic rings. The van der Waals surface area contributed by atoms with Gasteiger partial charge < -0.3 is 21.1 Å². The zero-order valence-corrected chi connectivity index (χ0v) is 13.7. The molecular formula is C14H21ClN4O3. The molecule has 1 saturated heterocycles. The van der Waals surface area contributed by atoms with Gasteiger partial charge in [0.05, 0.1) is 24.8 Å². The van der Waals surface area contributed by atoms with Gasteiger partial charge in [-0.2, -0.15) is 0 Å². The lowest BCUT2D eigenvalue weighted by Gasteiger charge is -2.39. The molecule has 0 spiro atoms. The quantitative estimate of drug-likeness (QED) is 0.697. The van der Waals surface area contributed by atoms with Crippen LogP contribution in [0.3, 0.4) is 0 Å². The van der Waals surface area contributed by atoms with E-state index in [1.165, 1.54) is 11.0 Å². The van der Waals surface area contributed by atoms with Gasteiger partial charge in [-0.3, -0.25) is 9.69 Å². The molecule has 1 fully saturated rings. The SMILES string of the molecule is CC(C)(C)OC(=O)N1CC2CC(=O)CN2C(/C=C(\N)Cl)=C1N. The van der Waals surface area contributed by atoms with Crippen LogP contribution in [0.25, 0.3) is 0 Å². The summed E-state index contributed by atoms with van der Waals surface area (Å²) in [5.41, 5.74) is 11.4. The number of carbonyl (C=O) groups excluding carboxylic acids is 2. The van der Waals surface area contributed by atoms with E-state index >= 15 is 0 Å². The summed E-state index contributed by atoms with van der Waals surface area (Å²) in [7, 11) is 0. The van der Waals surface area contributed by atoms with Crippen LogP contribution in [0, 0.1) is 0 Å². The highest BCUT2D eigenvalue weighted by Gasteiger charge is 2.41. The van der Waals surface area contributed by atoms with Crippen molar-refractivity contribution in [2.45, 2.75) is 38.8 Å². The third kappa shape index (κ3) is 3.47. The maximum absolute atomic E-state index is 12.3. The minimum absolute atomic E-state index is 0.0297. The number of hydrogen-bond acceptors (Lipinski definition) is 6. The van der Waals surface area contributed by atoms with E-state index in [0.717, 1.165) is 0 Å². The van der Waals surface area contributed by atoms with E-state index < -0.39 is 11.7 Å². The molecule has 7 nitrogen and oxygen atoms in total. The monoisotopic (exact) mass is 328 g/mol. The molecule has 1 atom stereocenters. The van der Waals surface area contributed by atoms with Crippen molar-refractivity contribution in [2.75, 3.05) is 13.1 Å². The van der Waals surface area contributed by atoms with Crippen LogP contribution in [0.4, 0.5) is 4.79 Å². The lowest BCUT2D eigenvalue weighted by Crippen LogP contribution is -2.51. The average molecular weight is 329 g/mol. The Bertz CT molecular complexity index is 561. The second kappa shape index (κ2) is 5.72. The molecule has 0 aromatic heterocycles. The van der Waals surface area contributed by atoms with Gasteiger partial charge in [0.1, 0.15) is 16.6 Å². The van der Waals surface area contributed by atoms with Crippen molar-refractivity contribution in [1.29, 1.82) is 0 Å². The molecule has 22 heavy (non-hydrogen) atoms. The van der Waals surface area contributed by atoms with Crippen molar-refractivity contribution >= 4 is 23.5 Å². The lowest BCUT2D eigenvalue weighted by atomic mass is 10.1. The molecule has 0 aromatic carbocycles. The van der Waals surface area contributed by atoms with Gasteiger partial charge in [0.25, 0.3) is 0 Å². The molecule has 2 aliphatic heterocycles. The number of carbonyl (C=O) groups is 2. The molecule has 4 N–H and O–H groups in total. The van der Waals surface area contributed by atoms with Gasteiger partial charge in [-0.25, -0.2) is 4.79 Å². The Morgan fingerprint density at radius 1 is 1.45 bits per heavy atom. The number of ketones is 1. The van der Waals surface area contributed by atoms with Gasteiger partial charge in [-0.1, -0.05) is 11.6 Å². The van der Waals surface area contributed by atoms with E-state index in [0.29, 0.717) is 18.7 Å². The Morgan fingerprint density at radius 2 is 2.09 bits per heavy atom. The fourth-order valence-corrected chi connectivity index (χ4v) is 2.68. The summed E-state index contributed by atoms with van der Waals surface area (Å²) < 4.78 is 5.36. The van der Waals surface area contributed by atoms with Crippen LogP contribution in [0.2, 0.25) is 0 Å². The first-order valence-electron chi connectivity index (χ1n) is 7.00. The zero-order chi connectivity index (χ0) is 16.7. The fourth-order valence-electron chi connectivity index (χ4n) is 2.57. The molecule has 2 rings (SSSR count). The number of allylic oxidation sites excluding steroid dienone is 1. The third-order valence-corrected chi connectivity index (χ3v) is 3.50. The van der Waals surface area contributed by atoms with Crippen LogP contribution < -0.4 is 11.5 Å². The Morgan fingerprint density at radius 3 is 2.64 bits per heavy atom. The molecule has 122 valence electrons. The Kier molecular flexibility index (Phi) is 4.28. The molecule has 0 aliphatic carbocycles. The highest BCUT2D eigenvalue weighted by atomic mass is 35.5. The normalized spacial score (nSPS) is 23.0. The number of halogens is 1. The number of Topliss-reactive ketones (excluding diaryl/α,β-unsaturated/α-hetero) is 1. The van der Waals surface area contributed by atoms with Gasteiger partial charge in [0.15, 0.2) is 5.78 Å². The number of ether oxygens (including phenoxy) is 1. The summed E-state index contributed by atoms with van der Waals surface area (Å²) in [6.07, 6.45) is 1.26. The van der Waals surface area contributed by atoms with Crippen LogP contribution in [-0.4, -0.2) is 46.4 Å². The zero-order valence-electron chi connectivity index (χ0n) is 12.9. The van der Waals surface area contributed by atoms with E-state index in [9.17, 15) is 9.59 Å². The van der Waals surface area contributed by atoms with Crippen LogP contribution in [-0.2, 0) is 9.53 Å². The van der Waals surface area contributed by atoms with Crippen LogP contribution in [0.1, 0.15) is 27.2 Å². The molecule has 0 saturated carbocycles. The highest BCUT2D eigenvalue weighted by molar-refractivity contribution is 6.29. The van der Waals surface area contributed by atoms with E-state index in [1.807, 2.05) is 4.90 Å². The van der Waals surface area contributed by atoms with E-state index in [1.54, 1.807) is 20.8 Å². The fraction of sp³-hybridized carbons (Fsp3) is 0.571. The molecule has 2 heterocycles. The third-order valence-electron chi connectivity index (χ3n) is 3.40. The first-order valence-corrected chi connectivity index (χ1v) is 7.37. The number of nitrogens with zero attached hydrogens (tertiary/aromatic N) is 2. The molecule has 2 aliphatic rings. The predicted molar refractivity (Wildman–Crippen MR) is 82.4 cm³/mol. The first-order chi connectivity index (χ1) is 10.1. The number of hydrogen-bond donors (Lipinski definition) is 2. The summed E-state index contributed by atoms with van der Waals surface area (Å²) in [4.78, 5) is 27.2. The molecule has 1 unspecified atom stereocenters. The van der Waals surface area contributed by atoms with Crippen molar-refractivity contribution in [1.82, 2.24) is 9.80 Å². The maximum atomic E-state index is 12.3. The Labute approximate surface area is 134 Å². The van der Waals surface area contributed by atoms with Gasteiger partial charge in [-0.05, 0) is 26.8 Å². The molecule has 1 amide bonds. The van der Waals surface area contributed by atoms with E-state index in [4.69, 9.17) is 27.8 Å².